The summed E-state index contributed by atoms with van der Waals surface area (Å²) in [6.45, 7) is 2.69. The molecule has 1 N–H and O–H groups in total. The van der Waals surface area contributed by atoms with Gasteiger partial charge in [0, 0.05) is 19.1 Å². The number of carboxylic acids is 1. The maximum absolute atomic E-state index is 11.1. The highest BCUT2D eigenvalue weighted by Crippen LogP contribution is 2.30. The zero-order valence-electron chi connectivity index (χ0n) is 10.3. The van der Waals surface area contributed by atoms with Crippen molar-refractivity contribution in [3.8, 4) is 0 Å². The van der Waals surface area contributed by atoms with E-state index in [2.05, 4.69) is 4.90 Å². The number of carbonyl (C=O) groups is 1. The van der Waals surface area contributed by atoms with Gasteiger partial charge in [0.15, 0.2) is 0 Å². The summed E-state index contributed by atoms with van der Waals surface area (Å²) in [4.78, 5) is 13.2. The van der Waals surface area contributed by atoms with Crippen LogP contribution in [0.15, 0.2) is 18.2 Å². The highest BCUT2D eigenvalue weighted by Gasteiger charge is 2.25. The van der Waals surface area contributed by atoms with E-state index in [0.29, 0.717) is 23.3 Å². The Balaban J connectivity index is 2.24. The molecule has 1 aromatic rings. The Hall–Kier alpha value is -0.810. The van der Waals surface area contributed by atoms with Crippen molar-refractivity contribution in [1.29, 1.82) is 0 Å². The van der Waals surface area contributed by atoms with Crippen molar-refractivity contribution in [2.24, 2.45) is 0 Å². The number of benzene rings is 1. The van der Waals surface area contributed by atoms with Crippen molar-refractivity contribution in [3.63, 3.8) is 0 Å². The molecule has 0 spiro atoms. The first-order chi connectivity index (χ1) is 9.08. The largest absolute Gasteiger partial charge is 0.481 e. The molecule has 0 amide bonds. The fraction of sp³-hybridized carbons (Fsp3) is 0.462. The molecule has 6 heteroatoms. The Morgan fingerprint density at radius 3 is 2.58 bits per heavy atom. The molecule has 1 saturated heterocycles. The van der Waals surface area contributed by atoms with Gasteiger partial charge in [0.2, 0.25) is 0 Å². The second kappa shape index (κ2) is 6.57. The summed E-state index contributed by atoms with van der Waals surface area (Å²) in [5, 5.41) is 10.0. The molecule has 0 aromatic heterocycles. The lowest BCUT2D eigenvalue weighted by Gasteiger charge is -2.34. The van der Waals surface area contributed by atoms with E-state index in [-0.39, 0.29) is 12.5 Å². The number of ether oxygens (including phenoxy) is 1. The Kier molecular flexibility index (Phi) is 5.05. The summed E-state index contributed by atoms with van der Waals surface area (Å²) in [7, 11) is 0. The molecular formula is C13H15Cl2NO3. The second-order valence-corrected chi connectivity index (χ2v) is 5.25. The van der Waals surface area contributed by atoms with Crippen molar-refractivity contribution >= 4 is 29.2 Å². The lowest BCUT2D eigenvalue weighted by atomic mass is 10.0. The molecule has 19 heavy (non-hydrogen) atoms. The van der Waals surface area contributed by atoms with E-state index in [9.17, 15) is 4.79 Å². The summed E-state index contributed by atoms with van der Waals surface area (Å²) in [5.74, 6) is -0.831. The zero-order valence-corrected chi connectivity index (χ0v) is 11.8. The van der Waals surface area contributed by atoms with Gasteiger partial charge in [-0.05, 0) is 17.7 Å². The van der Waals surface area contributed by atoms with Crippen LogP contribution in [0.4, 0.5) is 0 Å². The first kappa shape index (κ1) is 14.6. The topological polar surface area (TPSA) is 49.8 Å². The van der Waals surface area contributed by atoms with Gasteiger partial charge in [0.05, 0.1) is 29.7 Å². The third-order valence-electron chi connectivity index (χ3n) is 3.18. The summed E-state index contributed by atoms with van der Waals surface area (Å²) >= 11 is 11.9. The fourth-order valence-corrected chi connectivity index (χ4v) is 2.54. The van der Waals surface area contributed by atoms with E-state index in [1.165, 1.54) is 0 Å². The van der Waals surface area contributed by atoms with Gasteiger partial charge in [-0.1, -0.05) is 29.3 Å². The van der Waals surface area contributed by atoms with Gasteiger partial charge in [0.1, 0.15) is 0 Å². The lowest BCUT2D eigenvalue weighted by molar-refractivity contribution is -0.139. The predicted molar refractivity (Wildman–Crippen MR) is 73.8 cm³/mol. The highest BCUT2D eigenvalue weighted by atomic mass is 35.5. The molecule has 2 rings (SSSR count). The third-order valence-corrected chi connectivity index (χ3v) is 3.92. The molecule has 0 radical (unpaired) electrons. The Morgan fingerprint density at radius 1 is 1.32 bits per heavy atom. The zero-order chi connectivity index (χ0) is 13.8. The van der Waals surface area contributed by atoms with E-state index in [0.717, 1.165) is 18.7 Å². The molecule has 1 atom stereocenters. The van der Waals surface area contributed by atoms with E-state index in [1.54, 1.807) is 12.1 Å². The van der Waals surface area contributed by atoms with Gasteiger partial charge >= 0.3 is 5.97 Å². The van der Waals surface area contributed by atoms with Crippen LogP contribution < -0.4 is 0 Å². The normalized spacial score (nSPS) is 18.2. The van der Waals surface area contributed by atoms with Crippen LogP contribution >= 0.6 is 23.2 Å². The van der Waals surface area contributed by atoms with E-state index >= 15 is 0 Å². The second-order valence-electron chi connectivity index (χ2n) is 4.44. The summed E-state index contributed by atoms with van der Waals surface area (Å²) < 4.78 is 5.30. The number of nitrogens with zero attached hydrogens (tertiary/aromatic N) is 1. The lowest BCUT2D eigenvalue weighted by Crippen LogP contribution is -2.39. The van der Waals surface area contributed by atoms with Crippen molar-refractivity contribution in [1.82, 2.24) is 4.90 Å². The van der Waals surface area contributed by atoms with Gasteiger partial charge in [-0.15, -0.1) is 0 Å². The molecule has 1 aromatic carbocycles. The maximum atomic E-state index is 11.1. The number of rotatable bonds is 4. The number of aliphatic carboxylic acids is 1. The maximum Gasteiger partial charge on any atom is 0.305 e. The molecule has 4 nitrogen and oxygen atoms in total. The van der Waals surface area contributed by atoms with E-state index in [1.807, 2.05) is 6.07 Å². The number of hydrogen-bond donors (Lipinski definition) is 1. The van der Waals surface area contributed by atoms with Gasteiger partial charge in [-0.3, -0.25) is 9.69 Å². The molecule has 104 valence electrons. The number of carboxylic acid groups (broad SMARTS) is 1. The molecule has 0 aliphatic carbocycles. The first-order valence-corrected chi connectivity index (χ1v) is 6.82. The molecule has 1 fully saturated rings. The van der Waals surface area contributed by atoms with Crippen LogP contribution in [-0.2, 0) is 9.53 Å². The molecule has 1 unspecified atom stereocenters. The smallest absolute Gasteiger partial charge is 0.305 e. The Morgan fingerprint density at radius 2 is 2.00 bits per heavy atom. The van der Waals surface area contributed by atoms with E-state index < -0.39 is 5.97 Å². The van der Waals surface area contributed by atoms with Crippen molar-refractivity contribution < 1.29 is 14.6 Å². The summed E-state index contributed by atoms with van der Waals surface area (Å²) in [6.07, 6.45) is 0.0396. The third kappa shape index (κ3) is 3.83. The van der Waals surface area contributed by atoms with Crippen LogP contribution in [0.25, 0.3) is 0 Å². The first-order valence-electron chi connectivity index (χ1n) is 6.06. The number of halogens is 2. The van der Waals surface area contributed by atoms with Gasteiger partial charge in [-0.25, -0.2) is 0 Å². The van der Waals surface area contributed by atoms with Gasteiger partial charge in [0.25, 0.3) is 0 Å². The quantitative estimate of drug-likeness (QED) is 0.929. The van der Waals surface area contributed by atoms with Crippen LogP contribution in [-0.4, -0.2) is 42.3 Å². The SMILES string of the molecule is O=C(O)CC(c1ccc(Cl)c(Cl)c1)N1CCOCC1. The van der Waals surface area contributed by atoms with Crippen LogP contribution in [0.2, 0.25) is 10.0 Å². The number of hydrogen-bond acceptors (Lipinski definition) is 3. The minimum Gasteiger partial charge on any atom is -0.481 e. The Bertz CT molecular complexity index is 461. The fourth-order valence-electron chi connectivity index (χ4n) is 2.23. The average Bonchev–Trinajstić information content (AvgIpc) is 2.40. The predicted octanol–water partition coefficient (Wildman–Crippen LogP) is 2.84. The molecule has 1 heterocycles. The van der Waals surface area contributed by atoms with Gasteiger partial charge in [-0.2, -0.15) is 0 Å². The molecule has 1 aliphatic heterocycles. The van der Waals surface area contributed by atoms with Crippen molar-refractivity contribution in [2.75, 3.05) is 26.3 Å². The van der Waals surface area contributed by atoms with Crippen LogP contribution in [0.3, 0.4) is 0 Å². The van der Waals surface area contributed by atoms with Crippen LogP contribution in [0.1, 0.15) is 18.0 Å². The summed E-state index contributed by atoms with van der Waals surface area (Å²) in [5.41, 5.74) is 0.874. The highest BCUT2D eigenvalue weighted by molar-refractivity contribution is 6.42. The minimum atomic E-state index is -0.831. The monoisotopic (exact) mass is 303 g/mol. The molecular weight excluding hydrogens is 289 g/mol. The van der Waals surface area contributed by atoms with Crippen LogP contribution in [0, 0.1) is 0 Å². The molecule has 1 aliphatic rings. The van der Waals surface area contributed by atoms with Gasteiger partial charge < -0.3 is 9.84 Å². The van der Waals surface area contributed by atoms with E-state index in [4.69, 9.17) is 33.0 Å². The number of morpholine rings is 1. The van der Waals surface area contributed by atoms with Crippen molar-refractivity contribution in [2.45, 2.75) is 12.5 Å². The summed E-state index contributed by atoms with van der Waals surface area (Å²) in [6, 6.07) is 5.08. The molecule has 0 bridgehead atoms. The molecule has 0 saturated carbocycles. The minimum absolute atomic E-state index is 0.0396. The Labute approximate surface area is 121 Å². The standard InChI is InChI=1S/C13H15Cl2NO3/c14-10-2-1-9(7-11(10)15)12(8-13(17)18)16-3-5-19-6-4-16/h1-2,7,12H,3-6,8H2,(H,17,18). The van der Waals surface area contributed by atoms with Crippen molar-refractivity contribution in [3.05, 3.63) is 33.8 Å². The van der Waals surface area contributed by atoms with Crippen LogP contribution in [0.5, 0.6) is 0 Å². The average molecular weight is 304 g/mol.